The van der Waals surface area contributed by atoms with Crippen molar-refractivity contribution >= 4 is 16.5 Å². The molecular weight excluding hydrogens is 266 g/mol. The number of nitrogens with zero attached hydrogens (tertiary/aromatic N) is 2. The predicted octanol–water partition coefficient (Wildman–Crippen LogP) is 3.86. The highest BCUT2D eigenvalue weighted by atomic mass is 32.1. The second-order valence-corrected chi connectivity index (χ2v) is 8.35. The van der Waals surface area contributed by atoms with E-state index in [-0.39, 0.29) is 0 Å². The quantitative estimate of drug-likeness (QED) is 0.914. The van der Waals surface area contributed by atoms with Crippen LogP contribution in [-0.4, -0.2) is 25.1 Å². The Kier molecular flexibility index (Phi) is 4.75. The van der Waals surface area contributed by atoms with Crippen LogP contribution in [0.1, 0.15) is 57.5 Å². The Labute approximate surface area is 127 Å². The van der Waals surface area contributed by atoms with Crippen LogP contribution in [0.2, 0.25) is 0 Å². The van der Waals surface area contributed by atoms with E-state index in [1.165, 1.54) is 22.1 Å². The van der Waals surface area contributed by atoms with Crippen LogP contribution in [0.25, 0.3) is 0 Å². The summed E-state index contributed by atoms with van der Waals surface area (Å²) in [5.41, 5.74) is 1.68. The van der Waals surface area contributed by atoms with Crippen molar-refractivity contribution in [2.45, 2.75) is 53.5 Å². The van der Waals surface area contributed by atoms with Gasteiger partial charge in [0, 0.05) is 24.5 Å². The van der Waals surface area contributed by atoms with E-state index in [4.69, 9.17) is 4.98 Å². The maximum Gasteiger partial charge on any atom is 0.185 e. The monoisotopic (exact) mass is 295 g/mol. The maximum absolute atomic E-state index is 4.93. The van der Waals surface area contributed by atoms with E-state index in [0.717, 1.165) is 25.6 Å². The Balaban J connectivity index is 2.16. The van der Waals surface area contributed by atoms with Crippen molar-refractivity contribution in [3.05, 3.63) is 10.6 Å². The van der Waals surface area contributed by atoms with Gasteiger partial charge in [-0.2, -0.15) is 0 Å². The molecule has 0 aromatic carbocycles. The second kappa shape index (κ2) is 6.02. The van der Waals surface area contributed by atoms with Crippen molar-refractivity contribution in [1.29, 1.82) is 0 Å². The van der Waals surface area contributed by atoms with Crippen LogP contribution in [0.3, 0.4) is 0 Å². The Bertz CT molecular complexity index is 445. The van der Waals surface area contributed by atoms with Crippen LogP contribution >= 0.6 is 11.3 Å². The van der Waals surface area contributed by atoms with E-state index in [1.807, 2.05) is 18.4 Å². The van der Waals surface area contributed by atoms with Gasteiger partial charge in [0.1, 0.15) is 0 Å². The third kappa shape index (κ3) is 3.34. The first-order chi connectivity index (χ1) is 9.32. The third-order valence-electron chi connectivity index (χ3n) is 4.28. The summed E-state index contributed by atoms with van der Waals surface area (Å²) in [6, 6.07) is 0. The fourth-order valence-corrected chi connectivity index (χ4v) is 4.13. The van der Waals surface area contributed by atoms with Gasteiger partial charge < -0.3 is 10.2 Å². The molecule has 1 aliphatic heterocycles. The highest BCUT2D eigenvalue weighted by Crippen LogP contribution is 2.38. The molecule has 0 saturated carbocycles. The van der Waals surface area contributed by atoms with Gasteiger partial charge in [0.25, 0.3) is 0 Å². The van der Waals surface area contributed by atoms with Crippen molar-refractivity contribution in [2.24, 2.45) is 11.3 Å². The van der Waals surface area contributed by atoms with E-state index in [9.17, 15) is 0 Å². The fraction of sp³-hybridized carbons (Fsp3) is 0.812. The van der Waals surface area contributed by atoms with Crippen LogP contribution in [0.5, 0.6) is 0 Å². The van der Waals surface area contributed by atoms with Crippen molar-refractivity contribution in [3.63, 3.8) is 0 Å². The number of hydrogen-bond acceptors (Lipinski definition) is 4. The van der Waals surface area contributed by atoms with Crippen LogP contribution in [0, 0.1) is 11.3 Å². The van der Waals surface area contributed by atoms with Crippen molar-refractivity contribution in [1.82, 2.24) is 10.3 Å². The summed E-state index contributed by atoms with van der Waals surface area (Å²) in [5, 5.41) is 4.50. The van der Waals surface area contributed by atoms with Gasteiger partial charge in [-0.15, -0.1) is 11.3 Å². The molecule has 1 fully saturated rings. The molecule has 2 rings (SSSR count). The molecule has 114 valence electrons. The molecule has 0 aliphatic carbocycles. The maximum atomic E-state index is 4.93. The molecular formula is C16H29N3S. The highest BCUT2D eigenvalue weighted by Gasteiger charge is 2.33. The SMILES string of the molecule is CNCc1sc(N2CCC(C(C)(C)C)C2)nc1C(C)C. The van der Waals surface area contributed by atoms with E-state index >= 15 is 0 Å². The van der Waals surface area contributed by atoms with Gasteiger partial charge in [0.15, 0.2) is 5.13 Å². The van der Waals surface area contributed by atoms with Gasteiger partial charge in [-0.25, -0.2) is 4.98 Å². The third-order valence-corrected chi connectivity index (χ3v) is 5.42. The largest absolute Gasteiger partial charge is 0.348 e. The molecule has 1 atom stereocenters. The summed E-state index contributed by atoms with van der Waals surface area (Å²) in [6.07, 6.45) is 1.29. The molecule has 1 aliphatic rings. The standard InChI is InChI=1S/C16H29N3S/c1-11(2)14-13(9-17-6)20-15(18-14)19-8-7-12(10-19)16(3,4)5/h11-12,17H,7-10H2,1-6H3. The van der Waals surface area contributed by atoms with E-state index in [2.05, 4.69) is 44.8 Å². The minimum atomic E-state index is 0.403. The van der Waals surface area contributed by atoms with Gasteiger partial charge >= 0.3 is 0 Å². The zero-order valence-electron chi connectivity index (χ0n) is 13.8. The first-order valence-electron chi connectivity index (χ1n) is 7.72. The lowest BCUT2D eigenvalue weighted by Gasteiger charge is -2.26. The van der Waals surface area contributed by atoms with Crippen LogP contribution in [0.4, 0.5) is 5.13 Å². The number of rotatable bonds is 4. The van der Waals surface area contributed by atoms with Gasteiger partial charge in [0.05, 0.1) is 5.69 Å². The molecule has 1 N–H and O–H groups in total. The zero-order valence-corrected chi connectivity index (χ0v) is 14.6. The molecule has 2 heterocycles. The average Bonchev–Trinajstić information content (AvgIpc) is 2.93. The van der Waals surface area contributed by atoms with Crippen LogP contribution in [-0.2, 0) is 6.54 Å². The average molecular weight is 295 g/mol. The lowest BCUT2D eigenvalue weighted by atomic mass is 9.80. The summed E-state index contributed by atoms with van der Waals surface area (Å²) < 4.78 is 0. The highest BCUT2D eigenvalue weighted by molar-refractivity contribution is 7.15. The Morgan fingerprint density at radius 3 is 2.60 bits per heavy atom. The summed E-state index contributed by atoms with van der Waals surface area (Å²) >= 11 is 1.87. The number of anilines is 1. The molecule has 1 aromatic rings. The molecule has 0 spiro atoms. The molecule has 1 aromatic heterocycles. The van der Waals surface area contributed by atoms with E-state index < -0.39 is 0 Å². The van der Waals surface area contributed by atoms with Crippen LogP contribution < -0.4 is 10.2 Å². The van der Waals surface area contributed by atoms with Crippen LogP contribution in [0.15, 0.2) is 0 Å². The van der Waals surface area contributed by atoms with E-state index in [0.29, 0.717) is 11.3 Å². The zero-order chi connectivity index (χ0) is 14.9. The van der Waals surface area contributed by atoms with Gasteiger partial charge in [-0.3, -0.25) is 0 Å². The second-order valence-electron chi connectivity index (χ2n) is 7.29. The molecule has 0 amide bonds. The predicted molar refractivity (Wildman–Crippen MR) is 88.7 cm³/mol. The lowest BCUT2D eigenvalue weighted by molar-refractivity contribution is 0.263. The van der Waals surface area contributed by atoms with Crippen molar-refractivity contribution in [3.8, 4) is 0 Å². The fourth-order valence-electron chi connectivity index (χ4n) is 2.87. The summed E-state index contributed by atoms with van der Waals surface area (Å²) in [5.74, 6) is 1.28. The molecule has 20 heavy (non-hydrogen) atoms. The molecule has 1 unspecified atom stereocenters. The Morgan fingerprint density at radius 1 is 1.40 bits per heavy atom. The molecule has 1 saturated heterocycles. The lowest BCUT2D eigenvalue weighted by Crippen LogP contribution is -2.25. The number of hydrogen-bond donors (Lipinski definition) is 1. The minimum Gasteiger partial charge on any atom is -0.348 e. The van der Waals surface area contributed by atoms with Gasteiger partial charge in [-0.05, 0) is 30.7 Å². The first kappa shape index (κ1) is 15.8. The topological polar surface area (TPSA) is 28.2 Å². The van der Waals surface area contributed by atoms with Gasteiger partial charge in [-0.1, -0.05) is 34.6 Å². The van der Waals surface area contributed by atoms with E-state index in [1.54, 1.807) is 0 Å². The summed E-state index contributed by atoms with van der Waals surface area (Å²) in [7, 11) is 2.01. The summed E-state index contributed by atoms with van der Waals surface area (Å²) in [6.45, 7) is 14.8. The smallest absolute Gasteiger partial charge is 0.185 e. The first-order valence-corrected chi connectivity index (χ1v) is 8.53. The summed E-state index contributed by atoms with van der Waals surface area (Å²) in [4.78, 5) is 8.82. The van der Waals surface area contributed by atoms with Crippen molar-refractivity contribution < 1.29 is 0 Å². The number of thiazole rings is 1. The minimum absolute atomic E-state index is 0.403. The molecule has 0 bridgehead atoms. The van der Waals surface area contributed by atoms with Crippen molar-refractivity contribution in [2.75, 3.05) is 25.0 Å². The Hall–Kier alpha value is -0.610. The molecule has 4 heteroatoms. The number of aromatic nitrogens is 1. The van der Waals surface area contributed by atoms with Gasteiger partial charge in [0.2, 0.25) is 0 Å². The molecule has 3 nitrogen and oxygen atoms in total. The molecule has 0 radical (unpaired) electrons. The normalized spacial score (nSPS) is 20.1. The number of nitrogens with one attached hydrogen (secondary N) is 1. The Morgan fingerprint density at radius 2 is 2.10 bits per heavy atom.